The number of pyridine rings is 1. The number of para-hydroxylation sites is 1. The third-order valence-electron chi connectivity index (χ3n) is 4.29. The first kappa shape index (κ1) is 11.2. The molecule has 3 heteroatoms. The third-order valence-corrected chi connectivity index (χ3v) is 4.29. The fourth-order valence-electron chi connectivity index (χ4n) is 3.42. The van der Waals surface area contributed by atoms with Gasteiger partial charge in [-0.2, -0.15) is 0 Å². The quantitative estimate of drug-likeness (QED) is 0.893. The second-order valence-corrected chi connectivity index (χ2v) is 5.69. The number of aromatic nitrogens is 1. The van der Waals surface area contributed by atoms with Crippen molar-refractivity contribution in [2.45, 2.75) is 44.4 Å². The lowest BCUT2D eigenvalue weighted by molar-refractivity contribution is 0.102. The summed E-state index contributed by atoms with van der Waals surface area (Å²) in [4.78, 5) is 4.59. The van der Waals surface area contributed by atoms with Crippen molar-refractivity contribution in [2.24, 2.45) is 0 Å². The lowest BCUT2D eigenvalue weighted by Gasteiger charge is -2.22. The zero-order valence-corrected chi connectivity index (χ0v) is 11.1. The van der Waals surface area contributed by atoms with Gasteiger partial charge in [0.05, 0.1) is 23.8 Å². The molecule has 98 valence electrons. The smallest absolute Gasteiger partial charge is 0.0781 e. The van der Waals surface area contributed by atoms with Gasteiger partial charge in [0.1, 0.15) is 0 Å². The van der Waals surface area contributed by atoms with E-state index in [1.807, 2.05) is 6.07 Å². The molecule has 2 fully saturated rings. The van der Waals surface area contributed by atoms with Crippen molar-refractivity contribution in [1.82, 2.24) is 4.98 Å². The second kappa shape index (κ2) is 4.20. The summed E-state index contributed by atoms with van der Waals surface area (Å²) in [6.07, 6.45) is 4.46. The highest BCUT2D eigenvalue weighted by atomic mass is 16.5. The van der Waals surface area contributed by atoms with Crippen LogP contribution >= 0.6 is 0 Å². The van der Waals surface area contributed by atoms with Crippen LogP contribution in [0.15, 0.2) is 30.3 Å². The number of nitrogens with zero attached hydrogens (tertiary/aromatic N) is 1. The highest BCUT2D eigenvalue weighted by Crippen LogP contribution is 2.37. The average Bonchev–Trinajstić information content (AvgIpc) is 3.01. The van der Waals surface area contributed by atoms with Gasteiger partial charge in [-0.1, -0.05) is 18.2 Å². The minimum Gasteiger partial charge on any atom is -0.379 e. The summed E-state index contributed by atoms with van der Waals surface area (Å²) < 4.78 is 5.92. The SMILES string of the molecule is Cc1cc(NC2CC3CCC2O3)c2ccccc2n1. The molecule has 2 bridgehead atoms. The molecule has 4 rings (SSSR count). The Morgan fingerprint density at radius 1 is 1.26 bits per heavy atom. The van der Waals surface area contributed by atoms with Crippen LogP contribution in [0, 0.1) is 6.92 Å². The summed E-state index contributed by atoms with van der Waals surface area (Å²) in [6.45, 7) is 2.05. The van der Waals surface area contributed by atoms with Gasteiger partial charge in [0.15, 0.2) is 0 Å². The van der Waals surface area contributed by atoms with Crippen LogP contribution in [-0.2, 0) is 4.74 Å². The zero-order chi connectivity index (χ0) is 12.8. The topological polar surface area (TPSA) is 34.1 Å². The van der Waals surface area contributed by atoms with Crippen LogP contribution in [0.3, 0.4) is 0 Å². The van der Waals surface area contributed by atoms with Crippen LogP contribution in [0.2, 0.25) is 0 Å². The molecular weight excluding hydrogens is 236 g/mol. The first-order valence-corrected chi connectivity index (χ1v) is 7.08. The van der Waals surface area contributed by atoms with Crippen LogP contribution < -0.4 is 5.32 Å². The molecule has 3 nitrogen and oxygen atoms in total. The van der Waals surface area contributed by atoms with Crippen molar-refractivity contribution in [3.63, 3.8) is 0 Å². The van der Waals surface area contributed by atoms with Crippen LogP contribution in [0.4, 0.5) is 5.69 Å². The fourth-order valence-corrected chi connectivity index (χ4v) is 3.42. The van der Waals surface area contributed by atoms with E-state index in [1.165, 1.54) is 23.9 Å². The summed E-state index contributed by atoms with van der Waals surface area (Å²) in [6, 6.07) is 10.9. The number of benzene rings is 1. The van der Waals surface area contributed by atoms with Gasteiger partial charge in [0, 0.05) is 16.8 Å². The molecule has 2 aliphatic rings. The average molecular weight is 254 g/mol. The van der Waals surface area contributed by atoms with E-state index in [-0.39, 0.29) is 0 Å². The van der Waals surface area contributed by atoms with Gasteiger partial charge in [0.2, 0.25) is 0 Å². The Bertz CT molecular complexity index is 625. The first-order chi connectivity index (χ1) is 9.29. The molecule has 0 spiro atoms. The van der Waals surface area contributed by atoms with E-state index in [9.17, 15) is 0 Å². The van der Waals surface area contributed by atoms with Gasteiger partial charge in [-0.25, -0.2) is 0 Å². The number of ether oxygens (including phenoxy) is 1. The number of nitrogens with one attached hydrogen (secondary N) is 1. The van der Waals surface area contributed by atoms with Gasteiger partial charge < -0.3 is 10.1 Å². The van der Waals surface area contributed by atoms with Crippen LogP contribution in [0.25, 0.3) is 10.9 Å². The summed E-state index contributed by atoms with van der Waals surface area (Å²) in [5, 5.41) is 4.90. The van der Waals surface area contributed by atoms with E-state index >= 15 is 0 Å². The minimum absolute atomic E-state index is 0.400. The lowest BCUT2D eigenvalue weighted by atomic mass is 9.95. The van der Waals surface area contributed by atoms with E-state index in [0.717, 1.165) is 17.6 Å². The molecule has 0 saturated carbocycles. The fraction of sp³-hybridized carbons (Fsp3) is 0.438. The second-order valence-electron chi connectivity index (χ2n) is 5.69. The van der Waals surface area contributed by atoms with Crippen LogP contribution in [0.5, 0.6) is 0 Å². The molecule has 0 aliphatic carbocycles. The number of rotatable bonds is 2. The molecule has 1 aromatic carbocycles. The molecule has 3 unspecified atom stereocenters. The summed E-state index contributed by atoms with van der Waals surface area (Å²) in [7, 11) is 0. The largest absolute Gasteiger partial charge is 0.379 e. The third kappa shape index (κ3) is 1.89. The van der Waals surface area contributed by atoms with E-state index in [4.69, 9.17) is 4.74 Å². The molecule has 0 radical (unpaired) electrons. The maximum atomic E-state index is 5.92. The van der Waals surface area contributed by atoms with Gasteiger partial charge in [-0.15, -0.1) is 0 Å². The summed E-state index contributed by atoms with van der Waals surface area (Å²) in [5.41, 5.74) is 3.32. The number of fused-ring (bicyclic) bond motifs is 3. The molecule has 2 saturated heterocycles. The van der Waals surface area contributed by atoms with Gasteiger partial charge in [-0.3, -0.25) is 4.98 Å². The van der Waals surface area contributed by atoms with E-state index in [1.54, 1.807) is 0 Å². The van der Waals surface area contributed by atoms with Crippen LogP contribution in [0.1, 0.15) is 25.0 Å². The Hall–Kier alpha value is -1.61. The molecule has 19 heavy (non-hydrogen) atoms. The number of aryl methyl sites for hydroxylation is 1. The molecular formula is C16H18N2O. The Morgan fingerprint density at radius 3 is 2.95 bits per heavy atom. The predicted octanol–water partition coefficient (Wildman–Crippen LogP) is 3.28. The van der Waals surface area contributed by atoms with Gasteiger partial charge in [-0.05, 0) is 38.3 Å². The van der Waals surface area contributed by atoms with Crippen molar-refractivity contribution >= 4 is 16.6 Å². The molecule has 0 amide bonds. The molecule has 2 aliphatic heterocycles. The number of hydrogen-bond acceptors (Lipinski definition) is 3. The normalized spacial score (nSPS) is 29.0. The maximum Gasteiger partial charge on any atom is 0.0781 e. The van der Waals surface area contributed by atoms with Crippen molar-refractivity contribution in [1.29, 1.82) is 0 Å². The molecule has 1 N–H and O–H groups in total. The standard InChI is InChI=1S/C16H18N2O/c1-10-8-14(12-4-2-3-5-13(12)17-10)18-15-9-11-6-7-16(15)19-11/h2-5,8,11,15-16H,6-7,9H2,1H3,(H,17,18). The number of hydrogen-bond donors (Lipinski definition) is 1. The van der Waals surface area contributed by atoms with Gasteiger partial charge >= 0.3 is 0 Å². The Morgan fingerprint density at radius 2 is 2.16 bits per heavy atom. The maximum absolute atomic E-state index is 5.92. The van der Waals surface area contributed by atoms with E-state index in [0.29, 0.717) is 18.2 Å². The first-order valence-electron chi connectivity index (χ1n) is 7.08. The van der Waals surface area contributed by atoms with E-state index < -0.39 is 0 Å². The molecule has 3 atom stereocenters. The Labute approximate surface area is 113 Å². The Balaban J connectivity index is 1.70. The van der Waals surface area contributed by atoms with Gasteiger partial charge in [0.25, 0.3) is 0 Å². The molecule has 3 heterocycles. The highest BCUT2D eigenvalue weighted by Gasteiger charge is 2.40. The minimum atomic E-state index is 0.400. The van der Waals surface area contributed by atoms with Crippen molar-refractivity contribution < 1.29 is 4.74 Å². The number of anilines is 1. The van der Waals surface area contributed by atoms with Crippen LogP contribution in [-0.4, -0.2) is 23.2 Å². The molecule has 1 aromatic heterocycles. The summed E-state index contributed by atoms with van der Waals surface area (Å²) >= 11 is 0. The summed E-state index contributed by atoms with van der Waals surface area (Å²) in [5.74, 6) is 0. The highest BCUT2D eigenvalue weighted by molar-refractivity contribution is 5.91. The van der Waals surface area contributed by atoms with E-state index in [2.05, 4.69) is 41.5 Å². The van der Waals surface area contributed by atoms with Crippen molar-refractivity contribution in [2.75, 3.05) is 5.32 Å². The predicted molar refractivity (Wildman–Crippen MR) is 76.4 cm³/mol. The van der Waals surface area contributed by atoms with Crippen molar-refractivity contribution in [3.8, 4) is 0 Å². The zero-order valence-electron chi connectivity index (χ0n) is 11.1. The lowest BCUT2D eigenvalue weighted by Crippen LogP contribution is -2.30. The monoisotopic (exact) mass is 254 g/mol. The molecule has 2 aromatic rings. The van der Waals surface area contributed by atoms with Crippen molar-refractivity contribution in [3.05, 3.63) is 36.0 Å². The Kier molecular flexibility index (Phi) is 2.49.